The van der Waals surface area contributed by atoms with Gasteiger partial charge >= 0.3 is 6.18 Å². The maximum absolute atomic E-state index is 11.9. The first-order chi connectivity index (χ1) is 7.96. The van der Waals surface area contributed by atoms with Gasteiger partial charge in [0.05, 0.1) is 6.42 Å². The number of rotatable bonds is 3. The first kappa shape index (κ1) is 11.4. The third-order valence-corrected chi connectivity index (χ3v) is 1.82. The highest BCUT2D eigenvalue weighted by Crippen LogP contribution is 2.23. The Hall–Kier alpha value is -2.13. The number of aromatic nitrogens is 4. The van der Waals surface area contributed by atoms with Crippen LogP contribution in [-0.2, 0) is 6.42 Å². The number of hydrogen-bond donors (Lipinski definition) is 1. The van der Waals surface area contributed by atoms with Crippen LogP contribution >= 0.6 is 0 Å². The van der Waals surface area contributed by atoms with Crippen molar-refractivity contribution in [1.29, 1.82) is 0 Å². The Kier molecular flexibility index (Phi) is 2.69. The SMILES string of the molecule is Nc1nonc1-c1nc(CCC(F)(F)F)no1. The maximum Gasteiger partial charge on any atom is 0.389 e. The molecule has 0 aliphatic heterocycles. The van der Waals surface area contributed by atoms with Gasteiger partial charge in [-0.25, -0.2) is 4.63 Å². The van der Waals surface area contributed by atoms with Crippen LogP contribution in [0.3, 0.4) is 0 Å². The molecule has 17 heavy (non-hydrogen) atoms. The Morgan fingerprint density at radius 2 is 1.94 bits per heavy atom. The molecule has 0 bridgehead atoms. The van der Waals surface area contributed by atoms with Crippen LogP contribution in [0, 0.1) is 0 Å². The van der Waals surface area contributed by atoms with Crippen molar-refractivity contribution in [2.75, 3.05) is 5.73 Å². The Morgan fingerprint density at radius 3 is 2.53 bits per heavy atom. The molecule has 92 valence electrons. The molecule has 2 heterocycles. The Morgan fingerprint density at radius 1 is 1.18 bits per heavy atom. The third-order valence-electron chi connectivity index (χ3n) is 1.82. The van der Waals surface area contributed by atoms with Gasteiger partial charge in [-0.05, 0) is 10.3 Å². The second-order valence-corrected chi connectivity index (χ2v) is 3.13. The first-order valence-electron chi connectivity index (χ1n) is 4.43. The summed E-state index contributed by atoms with van der Waals surface area (Å²) >= 11 is 0. The number of nitrogens with zero attached hydrogens (tertiary/aromatic N) is 4. The van der Waals surface area contributed by atoms with E-state index in [1.807, 2.05) is 0 Å². The molecule has 0 saturated carbocycles. The second-order valence-electron chi connectivity index (χ2n) is 3.13. The number of nitrogen functional groups attached to an aromatic ring is 1. The van der Waals surface area contributed by atoms with Crippen LogP contribution in [0.25, 0.3) is 11.6 Å². The van der Waals surface area contributed by atoms with Gasteiger partial charge in [0.15, 0.2) is 5.82 Å². The number of hydrogen-bond acceptors (Lipinski definition) is 7. The molecular formula is C7H6F3N5O2. The van der Waals surface area contributed by atoms with Crippen LogP contribution in [0.4, 0.5) is 19.0 Å². The smallest absolute Gasteiger partial charge is 0.379 e. The van der Waals surface area contributed by atoms with Gasteiger partial charge in [-0.2, -0.15) is 18.2 Å². The minimum Gasteiger partial charge on any atom is -0.379 e. The molecular weight excluding hydrogens is 243 g/mol. The van der Waals surface area contributed by atoms with Crippen LogP contribution in [0.5, 0.6) is 0 Å². The summed E-state index contributed by atoms with van der Waals surface area (Å²) < 4.78 is 44.8. The van der Waals surface area contributed by atoms with Gasteiger partial charge in [0, 0.05) is 6.42 Å². The molecule has 2 rings (SSSR count). The molecule has 2 N–H and O–H groups in total. The van der Waals surface area contributed by atoms with Gasteiger partial charge in [-0.1, -0.05) is 5.16 Å². The maximum atomic E-state index is 11.9. The second kappa shape index (κ2) is 4.03. The number of anilines is 1. The van der Waals surface area contributed by atoms with Crippen LogP contribution in [0.2, 0.25) is 0 Å². The molecule has 10 heteroatoms. The van der Waals surface area contributed by atoms with E-state index in [2.05, 4.69) is 29.6 Å². The molecule has 2 aromatic heterocycles. The van der Waals surface area contributed by atoms with Crippen molar-refractivity contribution in [2.24, 2.45) is 0 Å². The van der Waals surface area contributed by atoms with Crippen LogP contribution in [0.15, 0.2) is 9.15 Å². The Balaban J connectivity index is 2.09. The lowest BCUT2D eigenvalue weighted by atomic mass is 10.3. The van der Waals surface area contributed by atoms with E-state index in [-0.39, 0.29) is 29.6 Å². The largest absolute Gasteiger partial charge is 0.389 e. The van der Waals surface area contributed by atoms with E-state index in [1.54, 1.807) is 0 Å². The van der Waals surface area contributed by atoms with Gasteiger partial charge in [0.2, 0.25) is 11.5 Å². The molecule has 2 aromatic rings. The lowest BCUT2D eigenvalue weighted by molar-refractivity contribution is -0.134. The molecule has 0 atom stereocenters. The molecule has 0 amide bonds. The highest BCUT2D eigenvalue weighted by atomic mass is 19.4. The molecule has 0 unspecified atom stereocenters. The van der Waals surface area contributed by atoms with Crippen molar-refractivity contribution >= 4 is 5.82 Å². The highest BCUT2D eigenvalue weighted by Gasteiger charge is 2.28. The van der Waals surface area contributed by atoms with Gasteiger partial charge in [0.1, 0.15) is 0 Å². The summed E-state index contributed by atoms with van der Waals surface area (Å²) in [4.78, 5) is 3.70. The number of aryl methyl sites for hydroxylation is 1. The number of halogens is 3. The molecule has 0 saturated heterocycles. The van der Waals surface area contributed by atoms with E-state index in [9.17, 15) is 13.2 Å². The predicted octanol–water partition coefficient (Wildman–Crippen LogP) is 1.20. The Labute approximate surface area is 91.7 Å². The van der Waals surface area contributed by atoms with Gasteiger partial charge in [-0.3, -0.25) is 0 Å². The van der Waals surface area contributed by atoms with E-state index in [0.717, 1.165) is 0 Å². The van der Waals surface area contributed by atoms with Crippen LogP contribution in [0.1, 0.15) is 12.2 Å². The van der Waals surface area contributed by atoms with Crippen molar-refractivity contribution in [3.63, 3.8) is 0 Å². The van der Waals surface area contributed by atoms with Crippen molar-refractivity contribution in [3.05, 3.63) is 5.82 Å². The molecule has 0 fully saturated rings. The summed E-state index contributed by atoms with van der Waals surface area (Å²) in [6.07, 6.45) is -5.67. The quantitative estimate of drug-likeness (QED) is 0.871. The van der Waals surface area contributed by atoms with Crippen molar-refractivity contribution in [2.45, 2.75) is 19.0 Å². The molecule has 7 nitrogen and oxygen atoms in total. The van der Waals surface area contributed by atoms with E-state index < -0.39 is 12.6 Å². The van der Waals surface area contributed by atoms with E-state index in [1.165, 1.54) is 0 Å². The summed E-state index contributed by atoms with van der Waals surface area (Å²) in [5, 5.41) is 10.0. The zero-order valence-electron chi connectivity index (χ0n) is 8.23. The average molecular weight is 249 g/mol. The lowest BCUT2D eigenvalue weighted by Crippen LogP contribution is -2.09. The van der Waals surface area contributed by atoms with Crippen molar-refractivity contribution in [1.82, 2.24) is 20.5 Å². The normalized spacial score (nSPS) is 11.9. The minimum absolute atomic E-state index is 0.00996. The standard InChI is InChI=1S/C7H6F3N5O2/c8-7(9,10)2-1-3-12-6(16-13-3)4-5(11)15-17-14-4/h1-2H2,(H2,11,15). The lowest BCUT2D eigenvalue weighted by Gasteiger charge is -2.01. The minimum atomic E-state index is -4.27. The zero-order chi connectivity index (χ0) is 12.5. The monoisotopic (exact) mass is 249 g/mol. The van der Waals surface area contributed by atoms with Crippen molar-refractivity contribution < 1.29 is 22.3 Å². The van der Waals surface area contributed by atoms with E-state index >= 15 is 0 Å². The highest BCUT2D eigenvalue weighted by molar-refractivity contribution is 5.60. The summed E-state index contributed by atoms with van der Waals surface area (Å²) in [6, 6.07) is 0. The fourth-order valence-corrected chi connectivity index (χ4v) is 1.05. The molecule has 0 aliphatic carbocycles. The fraction of sp³-hybridized carbons (Fsp3) is 0.429. The van der Waals surface area contributed by atoms with Crippen LogP contribution < -0.4 is 5.73 Å². The number of nitrogens with two attached hydrogens (primary N) is 1. The van der Waals surface area contributed by atoms with Crippen LogP contribution in [-0.4, -0.2) is 26.6 Å². The summed E-state index contributed by atoms with van der Waals surface area (Å²) in [6.45, 7) is 0. The van der Waals surface area contributed by atoms with Gasteiger partial charge in [-0.15, -0.1) is 0 Å². The molecule has 0 spiro atoms. The molecule has 0 radical (unpaired) electrons. The summed E-state index contributed by atoms with van der Waals surface area (Å²) in [5.41, 5.74) is 5.36. The summed E-state index contributed by atoms with van der Waals surface area (Å²) in [5.74, 6) is -0.281. The first-order valence-corrected chi connectivity index (χ1v) is 4.43. The Bertz CT molecular complexity index is 506. The van der Waals surface area contributed by atoms with Gasteiger partial charge in [0.25, 0.3) is 5.89 Å². The third kappa shape index (κ3) is 2.71. The van der Waals surface area contributed by atoms with Gasteiger partial charge < -0.3 is 10.3 Å². The van der Waals surface area contributed by atoms with E-state index in [4.69, 9.17) is 5.73 Å². The topological polar surface area (TPSA) is 104 Å². The van der Waals surface area contributed by atoms with Crippen molar-refractivity contribution in [3.8, 4) is 11.6 Å². The molecule has 0 aromatic carbocycles. The molecule has 0 aliphatic rings. The number of alkyl halides is 3. The average Bonchev–Trinajstić information content (AvgIpc) is 2.81. The van der Waals surface area contributed by atoms with E-state index in [0.29, 0.717) is 0 Å². The zero-order valence-corrected chi connectivity index (χ0v) is 8.23. The summed E-state index contributed by atoms with van der Waals surface area (Å²) in [7, 11) is 0. The fourth-order valence-electron chi connectivity index (χ4n) is 1.05. The predicted molar refractivity (Wildman–Crippen MR) is 46.4 cm³/mol.